The molecule has 0 spiro atoms. The molecule has 0 aliphatic carbocycles. The fourth-order valence-corrected chi connectivity index (χ4v) is 2.96. The summed E-state index contributed by atoms with van der Waals surface area (Å²) in [6.07, 6.45) is 1.94. The summed E-state index contributed by atoms with van der Waals surface area (Å²) in [5, 5.41) is 4.63. The predicted octanol–water partition coefficient (Wildman–Crippen LogP) is 4.67. The smallest absolute Gasteiger partial charge is 0.251 e. The molecule has 3 rings (SSSR count). The van der Waals surface area contributed by atoms with E-state index in [9.17, 15) is 9.18 Å². The van der Waals surface area contributed by atoms with Gasteiger partial charge < -0.3 is 10.3 Å². The van der Waals surface area contributed by atoms with E-state index >= 15 is 0 Å². The largest absolute Gasteiger partial charge is 0.361 e. The van der Waals surface area contributed by atoms with Gasteiger partial charge in [0.2, 0.25) is 0 Å². The van der Waals surface area contributed by atoms with Crippen molar-refractivity contribution in [3.63, 3.8) is 0 Å². The summed E-state index contributed by atoms with van der Waals surface area (Å²) in [5.41, 5.74) is 2.07. The Kier molecular flexibility index (Phi) is 4.33. The zero-order chi connectivity index (χ0) is 17.3. The molecule has 0 saturated carbocycles. The second-order valence-corrected chi connectivity index (χ2v) is 6.91. The Morgan fingerprint density at radius 1 is 1.25 bits per heavy atom. The van der Waals surface area contributed by atoms with Crippen LogP contribution in [0, 0.1) is 5.82 Å². The minimum atomic E-state index is -0.421. The van der Waals surface area contributed by atoms with Crippen LogP contribution in [0.15, 0.2) is 48.7 Å². The van der Waals surface area contributed by atoms with Crippen LogP contribution < -0.4 is 5.32 Å². The molecule has 3 nitrogen and oxygen atoms in total. The number of halogens is 2. The van der Waals surface area contributed by atoms with E-state index in [2.05, 4.69) is 24.1 Å². The summed E-state index contributed by atoms with van der Waals surface area (Å²) in [4.78, 5) is 15.4. The molecule has 2 N–H and O–H groups in total. The fourth-order valence-electron chi connectivity index (χ4n) is 2.79. The van der Waals surface area contributed by atoms with Crippen molar-refractivity contribution in [2.24, 2.45) is 0 Å². The van der Waals surface area contributed by atoms with E-state index in [1.165, 1.54) is 18.2 Å². The van der Waals surface area contributed by atoms with E-state index in [1.807, 2.05) is 24.4 Å². The third kappa shape index (κ3) is 3.29. The minimum absolute atomic E-state index is 0.287. The van der Waals surface area contributed by atoms with Crippen molar-refractivity contribution in [2.75, 3.05) is 6.54 Å². The van der Waals surface area contributed by atoms with Crippen LogP contribution in [-0.2, 0) is 5.41 Å². The van der Waals surface area contributed by atoms with Crippen LogP contribution in [0.1, 0.15) is 29.8 Å². The van der Waals surface area contributed by atoms with Crippen molar-refractivity contribution in [3.8, 4) is 0 Å². The number of rotatable bonds is 4. The molecular weight excluding hydrogens is 327 g/mol. The van der Waals surface area contributed by atoms with Gasteiger partial charge in [-0.25, -0.2) is 4.39 Å². The zero-order valence-corrected chi connectivity index (χ0v) is 14.2. The van der Waals surface area contributed by atoms with Gasteiger partial charge in [-0.1, -0.05) is 37.6 Å². The number of nitrogens with one attached hydrogen (secondary N) is 2. The Morgan fingerprint density at radius 2 is 2.04 bits per heavy atom. The number of amides is 1. The SMILES string of the molecule is CC(C)(CNC(=O)c1cccc(F)c1)c1c[nH]c2cc(Cl)ccc12. The second kappa shape index (κ2) is 6.29. The van der Waals surface area contributed by atoms with Gasteiger partial charge in [0.25, 0.3) is 5.91 Å². The van der Waals surface area contributed by atoms with E-state index in [1.54, 1.807) is 6.07 Å². The standard InChI is InChI=1S/C19H18ClFN2O/c1-19(2,11-23-18(24)12-4-3-5-14(21)8-12)16-10-22-17-9-13(20)6-7-15(16)17/h3-10,22H,11H2,1-2H3,(H,23,24). The molecule has 0 saturated heterocycles. The number of aromatic amines is 1. The topological polar surface area (TPSA) is 44.9 Å². The quantitative estimate of drug-likeness (QED) is 0.710. The Balaban J connectivity index is 1.79. The molecule has 0 atom stereocenters. The summed E-state index contributed by atoms with van der Waals surface area (Å²) < 4.78 is 13.2. The molecule has 2 aromatic carbocycles. The Bertz CT molecular complexity index is 901. The van der Waals surface area contributed by atoms with Crippen molar-refractivity contribution in [3.05, 3.63) is 70.6 Å². The summed E-state index contributed by atoms with van der Waals surface area (Å²) in [7, 11) is 0. The molecule has 3 aromatic rings. The summed E-state index contributed by atoms with van der Waals surface area (Å²) in [5.74, 6) is -0.708. The van der Waals surface area contributed by atoms with Gasteiger partial charge in [-0.3, -0.25) is 4.79 Å². The number of hydrogen-bond donors (Lipinski definition) is 2. The second-order valence-electron chi connectivity index (χ2n) is 6.47. The maximum Gasteiger partial charge on any atom is 0.251 e. The number of carbonyl (C=O) groups excluding carboxylic acids is 1. The van der Waals surface area contributed by atoms with Crippen LogP contribution in [0.4, 0.5) is 4.39 Å². The van der Waals surface area contributed by atoms with Gasteiger partial charge >= 0.3 is 0 Å². The molecule has 0 radical (unpaired) electrons. The van der Waals surface area contributed by atoms with Gasteiger partial charge in [-0.15, -0.1) is 0 Å². The van der Waals surface area contributed by atoms with Gasteiger partial charge in [0, 0.05) is 39.6 Å². The van der Waals surface area contributed by atoms with Gasteiger partial charge in [0.1, 0.15) is 5.82 Å². The van der Waals surface area contributed by atoms with E-state index in [-0.39, 0.29) is 11.3 Å². The minimum Gasteiger partial charge on any atom is -0.361 e. The highest BCUT2D eigenvalue weighted by Crippen LogP contribution is 2.31. The summed E-state index contributed by atoms with van der Waals surface area (Å²) in [6.45, 7) is 4.53. The first kappa shape index (κ1) is 16.5. The highest BCUT2D eigenvalue weighted by atomic mass is 35.5. The van der Waals surface area contributed by atoms with E-state index in [4.69, 9.17) is 11.6 Å². The number of H-pyrrole nitrogens is 1. The van der Waals surface area contributed by atoms with Crippen molar-refractivity contribution >= 4 is 28.4 Å². The van der Waals surface area contributed by atoms with Crippen LogP contribution in [-0.4, -0.2) is 17.4 Å². The first-order valence-electron chi connectivity index (χ1n) is 7.68. The number of benzene rings is 2. The van der Waals surface area contributed by atoms with Gasteiger partial charge in [-0.2, -0.15) is 0 Å². The molecule has 1 aromatic heterocycles. The third-order valence-corrected chi connectivity index (χ3v) is 4.39. The monoisotopic (exact) mass is 344 g/mol. The Hall–Kier alpha value is -2.33. The normalized spacial score (nSPS) is 11.7. The molecule has 0 unspecified atom stereocenters. The van der Waals surface area contributed by atoms with Crippen LogP contribution >= 0.6 is 11.6 Å². The molecule has 0 aliphatic rings. The van der Waals surface area contributed by atoms with Crippen LogP contribution in [0.25, 0.3) is 10.9 Å². The first-order chi connectivity index (χ1) is 11.4. The van der Waals surface area contributed by atoms with Crippen molar-refractivity contribution in [1.82, 2.24) is 10.3 Å². The maximum absolute atomic E-state index is 13.2. The molecular formula is C19H18ClFN2O. The molecule has 1 heterocycles. The van der Waals surface area contributed by atoms with E-state index < -0.39 is 5.82 Å². The first-order valence-corrected chi connectivity index (χ1v) is 8.05. The summed E-state index contributed by atoms with van der Waals surface area (Å²) in [6, 6.07) is 11.4. The van der Waals surface area contributed by atoms with Gasteiger partial charge in [-0.05, 0) is 35.9 Å². The van der Waals surface area contributed by atoms with E-state index in [0.717, 1.165) is 16.5 Å². The molecule has 0 aliphatic heterocycles. The van der Waals surface area contributed by atoms with Gasteiger partial charge in [0.15, 0.2) is 0 Å². The lowest BCUT2D eigenvalue weighted by Gasteiger charge is -2.25. The molecule has 5 heteroatoms. The van der Waals surface area contributed by atoms with Crippen LogP contribution in [0.3, 0.4) is 0 Å². The van der Waals surface area contributed by atoms with Crippen molar-refractivity contribution < 1.29 is 9.18 Å². The van der Waals surface area contributed by atoms with Crippen molar-refractivity contribution in [2.45, 2.75) is 19.3 Å². The average Bonchev–Trinajstić information content (AvgIpc) is 2.96. The maximum atomic E-state index is 13.2. The number of fused-ring (bicyclic) bond motifs is 1. The Labute approximate surface area is 144 Å². The number of aromatic nitrogens is 1. The molecule has 124 valence electrons. The van der Waals surface area contributed by atoms with Crippen LogP contribution in [0.5, 0.6) is 0 Å². The summed E-state index contributed by atoms with van der Waals surface area (Å²) >= 11 is 6.02. The van der Waals surface area contributed by atoms with Crippen LogP contribution in [0.2, 0.25) is 5.02 Å². The molecule has 24 heavy (non-hydrogen) atoms. The highest BCUT2D eigenvalue weighted by molar-refractivity contribution is 6.31. The number of hydrogen-bond acceptors (Lipinski definition) is 1. The number of carbonyl (C=O) groups is 1. The Morgan fingerprint density at radius 3 is 2.79 bits per heavy atom. The third-order valence-electron chi connectivity index (χ3n) is 4.15. The molecule has 1 amide bonds. The molecule has 0 bridgehead atoms. The lowest BCUT2D eigenvalue weighted by Crippen LogP contribution is -2.36. The van der Waals surface area contributed by atoms with E-state index in [0.29, 0.717) is 17.1 Å². The highest BCUT2D eigenvalue weighted by Gasteiger charge is 2.25. The average molecular weight is 345 g/mol. The fraction of sp³-hybridized carbons (Fsp3) is 0.211. The lowest BCUT2D eigenvalue weighted by molar-refractivity contribution is 0.0945. The van der Waals surface area contributed by atoms with Crippen molar-refractivity contribution in [1.29, 1.82) is 0 Å². The predicted molar refractivity (Wildman–Crippen MR) is 95.1 cm³/mol. The van der Waals surface area contributed by atoms with Gasteiger partial charge in [0.05, 0.1) is 0 Å². The molecule has 0 fully saturated rings. The zero-order valence-electron chi connectivity index (χ0n) is 13.5. The lowest BCUT2D eigenvalue weighted by atomic mass is 9.84.